The largest absolute Gasteiger partial charge is 0.458 e. The molecule has 18 heavy (non-hydrogen) atoms. The highest BCUT2D eigenvalue weighted by atomic mass is 35.5. The maximum Gasteiger partial charge on any atom is 0.340 e. The summed E-state index contributed by atoms with van der Waals surface area (Å²) in [5.74, 6) is -0.719. The molecule has 1 fully saturated rings. The van der Waals surface area contributed by atoms with Gasteiger partial charge in [0, 0.05) is 5.69 Å². The van der Waals surface area contributed by atoms with Crippen molar-refractivity contribution in [1.82, 2.24) is 0 Å². The van der Waals surface area contributed by atoms with Gasteiger partial charge in [-0.2, -0.15) is 0 Å². The van der Waals surface area contributed by atoms with Gasteiger partial charge in [0.05, 0.1) is 22.1 Å². The Balaban J connectivity index is 2.11. The molecule has 0 amide bonds. The van der Waals surface area contributed by atoms with Crippen LogP contribution >= 0.6 is 11.6 Å². The fourth-order valence-electron chi connectivity index (χ4n) is 1.77. The van der Waals surface area contributed by atoms with E-state index >= 15 is 0 Å². The zero-order valence-corrected chi connectivity index (χ0v) is 11.0. The maximum absolute atomic E-state index is 11.8. The number of esters is 1. The number of rotatable bonds is 2. The average molecular weight is 290 g/mol. The maximum atomic E-state index is 11.8. The summed E-state index contributed by atoms with van der Waals surface area (Å²) in [6.45, 7) is 0. The summed E-state index contributed by atoms with van der Waals surface area (Å²) in [5, 5.41) is 0.232. The van der Waals surface area contributed by atoms with Gasteiger partial charge < -0.3 is 10.5 Å². The first-order valence-electron chi connectivity index (χ1n) is 5.34. The second kappa shape index (κ2) is 4.78. The standard InChI is InChI=1S/C11H12ClNO4S/c12-10-2-1-7(13)5-9(10)11(14)17-8-3-4-18(15,16)6-8/h1-2,5,8H,3-4,6,13H2. The molecule has 1 aliphatic rings. The van der Waals surface area contributed by atoms with Crippen molar-refractivity contribution in [2.75, 3.05) is 17.2 Å². The number of ether oxygens (including phenoxy) is 1. The van der Waals surface area contributed by atoms with Crippen LogP contribution in [0, 0.1) is 0 Å². The molecule has 98 valence electrons. The summed E-state index contributed by atoms with van der Waals surface area (Å²) in [7, 11) is -3.08. The fraction of sp³-hybridized carbons (Fsp3) is 0.364. The molecule has 1 saturated heterocycles. The van der Waals surface area contributed by atoms with E-state index < -0.39 is 21.9 Å². The zero-order chi connectivity index (χ0) is 13.3. The Morgan fingerprint density at radius 3 is 2.78 bits per heavy atom. The molecule has 1 unspecified atom stereocenters. The number of halogens is 1. The third-order valence-electron chi connectivity index (χ3n) is 2.67. The molecule has 2 N–H and O–H groups in total. The zero-order valence-electron chi connectivity index (χ0n) is 9.43. The van der Waals surface area contributed by atoms with Crippen molar-refractivity contribution in [2.24, 2.45) is 0 Å². The van der Waals surface area contributed by atoms with Crippen molar-refractivity contribution in [3.8, 4) is 0 Å². The minimum absolute atomic E-state index is 0.0512. The molecule has 1 heterocycles. The fourth-order valence-corrected chi connectivity index (χ4v) is 3.55. The molecule has 2 rings (SSSR count). The third kappa shape index (κ3) is 2.94. The van der Waals surface area contributed by atoms with Crippen LogP contribution in [0.25, 0.3) is 0 Å². The molecule has 0 saturated carbocycles. The summed E-state index contributed by atoms with van der Waals surface area (Å²) >= 11 is 5.86. The SMILES string of the molecule is Nc1ccc(Cl)c(C(=O)OC2CCS(=O)(=O)C2)c1. The van der Waals surface area contributed by atoms with E-state index in [0.717, 1.165) is 0 Å². The van der Waals surface area contributed by atoms with Crippen LogP contribution in [0.3, 0.4) is 0 Å². The molecule has 0 bridgehead atoms. The monoisotopic (exact) mass is 289 g/mol. The Kier molecular flexibility index (Phi) is 3.49. The molecular weight excluding hydrogens is 278 g/mol. The minimum Gasteiger partial charge on any atom is -0.458 e. The van der Waals surface area contributed by atoms with Gasteiger partial charge in [-0.25, -0.2) is 13.2 Å². The average Bonchev–Trinajstić information content (AvgIpc) is 2.61. The van der Waals surface area contributed by atoms with Crippen LogP contribution in [0.15, 0.2) is 18.2 Å². The lowest BCUT2D eigenvalue weighted by atomic mass is 10.2. The van der Waals surface area contributed by atoms with Crippen LogP contribution in [-0.4, -0.2) is 32.0 Å². The van der Waals surface area contributed by atoms with Crippen LogP contribution in [0.2, 0.25) is 5.02 Å². The molecule has 5 nitrogen and oxygen atoms in total. The van der Waals surface area contributed by atoms with Gasteiger partial charge in [0.1, 0.15) is 6.10 Å². The van der Waals surface area contributed by atoms with E-state index in [0.29, 0.717) is 12.1 Å². The van der Waals surface area contributed by atoms with E-state index in [2.05, 4.69) is 0 Å². The van der Waals surface area contributed by atoms with Crippen LogP contribution in [0.5, 0.6) is 0 Å². The number of anilines is 1. The van der Waals surface area contributed by atoms with E-state index in [1.54, 1.807) is 6.07 Å². The van der Waals surface area contributed by atoms with E-state index in [1.165, 1.54) is 12.1 Å². The molecule has 1 aromatic rings. The van der Waals surface area contributed by atoms with Crippen molar-refractivity contribution in [3.05, 3.63) is 28.8 Å². The van der Waals surface area contributed by atoms with E-state index in [-0.39, 0.29) is 22.1 Å². The summed E-state index contributed by atoms with van der Waals surface area (Å²) in [4.78, 5) is 11.8. The summed E-state index contributed by atoms with van der Waals surface area (Å²) < 4.78 is 27.6. The first kappa shape index (κ1) is 13.2. The van der Waals surface area contributed by atoms with Gasteiger partial charge in [-0.3, -0.25) is 0 Å². The lowest BCUT2D eigenvalue weighted by Crippen LogP contribution is -2.19. The van der Waals surface area contributed by atoms with Crippen LogP contribution in [-0.2, 0) is 14.6 Å². The lowest BCUT2D eigenvalue weighted by molar-refractivity contribution is 0.0356. The molecule has 1 aliphatic heterocycles. The Morgan fingerprint density at radius 1 is 1.44 bits per heavy atom. The van der Waals surface area contributed by atoms with Crippen molar-refractivity contribution in [2.45, 2.75) is 12.5 Å². The Bertz CT molecular complexity index is 585. The first-order chi connectivity index (χ1) is 8.37. The molecule has 1 aromatic carbocycles. The molecule has 7 heteroatoms. The molecule has 1 atom stereocenters. The number of carbonyl (C=O) groups is 1. The van der Waals surface area contributed by atoms with Crippen molar-refractivity contribution in [1.29, 1.82) is 0 Å². The Labute approximate surface area is 110 Å². The van der Waals surface area contributed by atoms with Gasteiger partial charge in [0.2, 0.25) is 0 Å². The van der Waals surface area contributed by atoms with Gasteiger partial charge >= 0.3 is 5.97 Å². The summed E-state index contributed by atoms with van der Waals surface area (Å²) in [6.07, 6.45) is -0.270. The number of hydrogen-bond acceptors (Lipinski definition) is 5. The second-order valence-corrected chi connectivity index (χ2v) is 6.81. The summed E-state index contributed by atoms with van der Waals surface area (Å²) in [5.41, 5.74) is 6.10. The van der Waals surface area contributed by atoms with E-state index in [1.807, 2.05) is 0 Å². The highest BCUT2D eigenvalue weighted by Crippen LogP contribution is 2.22. The molecule has 0 aliphatic carbocycles. The highest BCUT2D eigenvalue weighted by molar-refractivity contribution is 7.91. The predicted octanol–water partition coefficient (Wildman–Crippen LogP) is 1.27. The predicted molar refractivity (Wildman–Crippen MR) is 68.3 cm³/mol. The number of hydrogen-bond donors (Lipinski definition) is 1. The van der Waals surface area contributed by atoms with Crippen LogP contribution in [0.1, 0.15) is 16.8 Å². The van der Waals surface area contributed by atoms with Gasteiger partial charge in [-0.1, -0.05) is 11.6 Å². The van der Waals surface area contributed by atoms with Gasteiger partial charge in [0.15, 0.2) is 9.84 Å². The number of nitrogen functional groups attached to an aromatic ring is 1. The van der Waals surface area contributed by atoms with Crippen molar-refractivity contribution >= 4 is 33.1 Å². The van der Waals surface area contributed by atoms with E-state index in [9.17, 15) is 13.2 Å². The van der Waals surface area contributed by atoms with Crippen molar-refractivity contribution in [3.63, 3.8) is 0 Å². The van der Waals surface area contributed by atoms with Gasteiger partial charge in [0.25, 0.3) is 0 Å². The number of sulfone groups is 1. The van der Waals surface area contributed by atoms with Crippen LogP contribution < -0.4 is 5.73 Å². The number of nitrogens with two attached hydrogens (primary N) is 1. The van der Waals surface area contributed by atoms with Crippen LogP contribution in [0.4, 0.5) is 5.69 Å². The molecule has 0 spiro atoms. The van der Waals surface area contributed by atoms with Gasteiger partial charge in [-0.05, 0) is 24.6 Å². The summed E-state index contributed by atoms with van der Waals surface area (Å²) in [6, 6.07) is 4.48. The molecular formula is C11H12ClNO4S. The smallest absolute Gasteiger partial charge is 0.340 e. The Morgan fingerprint density at radius 2 is 2.17 bits per heavy atom. The lowest BCUT2D eigenvalue weighted by Gasteiger charge is -2.11. The normalized spacial score (nSPS) is 21.7. The second-order valence-electron chi connectivity index (χ2n) is 4.17. The third-order valence-corrected chi connectivity index (χ3v) is 4.74. The van der Waals surface area contributed by atoms with E-state index in [4.69, 9.17) is 22.1 Å². The Hall–Kier alpha value is -1.27. The number of carbonyl (C=O) groups excluding carboxylic acids is 1. The highest BCUT2D eigenvalue weighted by Gasteiger charge is 2.31. The number of benzene rings is 1. The topological polar surface area (TPSA) is 86.5 Å². The molecule has 0 aromatic heterocycles. The van der Waals surface area contributed by atoms with Crippen molar-refractivity contribution < 1.29 is 17.9 Å². The molecule has 0 radical (unpaired) electrons. The van der Waals surface area contributed by atoms with Gasteiger partial charge in [-0.15, -0.1) is 0 Å². The quantitative estimate of drug-likeness (QED) is 0.654. The minimum atomic E-state index is -3.08. The first-order valence-corrected chi connectivity index (χ1v) is 7.54.